The Labute approximate surface area is 125 Å². The minimum absolute atomic E-state index is 0.0290. The van der Waals surface area contributed by atoms with Crippen molar-refractivity contribution in [1.82, 2.24) is 4.98 Å². The summed E-state index contributed by atoms with van der Waals surface area (Å²) < 4.78 is 22.2. The lowest BCUT2D eigenvalue weighted by molar-refractivity contribution is -0.384. The molecule has 2 rings (SSSR count). The topological polar surface area (TPSA) is 110 Å². The smallest absolute Gasteiger partial charge is 0.291 e. The maximum absolute atomic E-state index is 12.0. The molecule has 10 heteroatoms. The molecular weight excluding hydrogens is 322 g/mol. The van der Waals surface area contributed by atoms with Crippen molar-refractivity contribution < 1.29 is 18.1 Å². The van der Waals surface area contributed by atoms with Crippen molar-refractivity contribution in [3.05, 3.63) is 27.9 Å². The monoisotopic (exact) mass is 333 g/mol. The van der Waals surface area contributed by atoms with Gasteiger partial charge < -0.3 is 0 Å². The van der Waals surface area contributed by atoms with Crippen LogP contribution in [0.15, 0.2) is 12.1 Å². The number of carbonyl (C=O) groups excluding carboxylic acids is 1. The number of rotatable bonds is 4. The summed E-state index contributed by atoms with van der Waals surface area (Å²) in [5.74, 6) is -1.31. The van der Waals surface area contributed by atoms with E-state index in [9.17, 15) is 23.3 Å². The molecule has 1 amide bonds. The van der Waals surface area contributed by atoms with Crippen molar-refractivity contribution in [2.24, 2.45) is 5.92 Å². The van der Waals surface area contributed by atoms with Crippen molar-refractivity contribution in [3.63, 3.8) is 0 Å². The molecule has 1 aromatic heterocycles. The van der Waals surface area contributed by atoms with E-state index in [0.717, 1.165) is 4.90 Å². The molecule has 1 fully saturated rings. The van der Waals surface area contributed by atoms with Crippen molar-refractivity contribution >= 4 is 37.1 Å². The molecule has 1 aliphatic heterocycles. The van der Waals surface area contributed by atoms with Gasteiger partial charge in [0.15, 0.2) is 0 Å². The molecular formula is C11H12ClN3O5S. The third-order valence-electron chi connectivity index (χ3n) is 3.09. The Hall–Kier alpha value is -1.74. The van der Waals surface area contributed by atoms with Gasteiger partial charge in [0.05, 0.1) is 10.7 Å². The molecule has 2 heterocycles. The van der Waals surface area contributed by atoms with Crippen LogP contribution < -0.4 is 4.90 Å². The summed E-state index contributed by atoms with van der Waals surface area (Å²) in [6, 6.07) is 2.75. The van der Waals surface area contributed by atoms with Gasteiger partial charge in [-0.3, -0.25) is 19.8 Å². The second-order valence-corrected chi connectivity index (χ2v) is 7.65. The van der Waals surface area contributed by atoms with Crippen LogP contribution in [0.4, 0.5) is 11.5 Å². The van der Waals surface area contributed by atoms with Crippen LogP contribution in [-0.2, 0) is 13.8 Å². The fraction of sp³-hybridized carbons (Fsp3) is 0.455. The number of anilines is 1. The van der Waals surface area contributed by atoms with Gasteiger partial charge in [0.2, 0.25) is 20.8 Å². The molecule has 0 aliphatic carbocycles. The molecule has 1 atom stereocenters. The van der Waals surface area contributed by atoms with Gasteiger partial charge in [0.1, 0.15) is 0 Å². The molecule has 8 nitrogen and oxygen atoms in total. The number of nitrogens with zero attached hydrogens (tertiary/aromatic N) is 3. The van der Waals surface area contributed by atoms with Crippen LogP contribution in [0, 0.1) is 23.0 Å². The average Bonchev–Trinajstić information content (AvgIpc) is 2.66. The lowest BCUT2D eigenvalue weighted by Crippen LogP contribution is -2.27. The van der Waals surface area contributed by atoms with E-state index in [1.807, 2.05) is 0 Å². The minimum Gasteiger partial charge on any atom is -0.291 e. The van der Waals surface area contributed by atoms with E-state index < -0.39 is 25.8 Å². The third kappa shape index (κ3) is 3.67. The largest absolute Gasteiger partial charge is 0.312 e. The van der Waals surface area contributed by atoms with Gasteiger partial charge in [0.25, 0.3) is 0 Å². The summed E-state index contributed by atoms with van der Waals surface area (Å²) in [5, 5.41) is 11.0. The number of hydrogen-bond donors (Lipinski definition) is 0. The second-order valence-electron chi connectivity index (χ2n) is 4.83. The minimum atomic E-state index is -3.73. The zero-order valence-electron chi connectivity index (χ0n) is 11.0. The summed E-state index contributed by atoms with van der Waals surface area (Å²) in [6.45, 7) is 1.69. The molecule has 0 N–H and O–H groups in total. The van der Waals surface area contributed by atoms with E-state index in [4.69, 9.17) is 10.7 Å². The van der Waals surface area contributed by atoms with Crippen LogP contribution in [-0.4, -0.2) is 36.5 Å². The van der Waals surface area contributed by atoms with Crippen LogP contribution in [0.3, 0.4) is 0 Å². The van der Waals surface area contributed by atoms with Gasteiger partial charge in [0, 0.05) is 41.3 Å². The van der Waals surface area contributed by atoms with Crippen LogP contribution in [0.1, 0.15) is 12.1 Å². The zero-order chi connectivity index (χ0) is 15.8. The van der Waals surface area contributed by atoms with Gasteiger partial charge in [-0.15, -0.1) is 0 Å². The van der Waals surface area contributed by atoms with Gasteiger partial charge in [-0.05, 0) is 13.0 Å². The molecule has 1 aliphatic rings. The SMILES string of the molecule is Cc1ccc([N+](=O)[O-])c(N2CC(CS(=O)(=O)Cl)CC2=O)n1. The van der Waals surface area contributed by atoms with E-state index >= 15 is 0 Å². The highest BCUT2D eigenvalue weighted by atomic mass is 35.7. The van der Waals surface area contributed by atoms with Gasteiger partial charge in [-0.1, -0.05) is 0 Å². The molecule has 0 saturated carbocycles. The molecule has 0 bridgehead atoms. The van der Waals surface area contributed by atoms with Gasteiger partial charge in [-0.2, -0.15) is 0 Å². The van der Waals surface area contributed by atoms with Gasteiger partial charge >= 0.3 is 5.69 Å². The molecule has 1 aromatic rings. The summed E-state index contributed by atoms with van der Waals surface area (Å²) in [7, 11) is 1.45. The third-order valence-corrected chi connectivity index (χ3v) is 4.33. The van der Waals surface area contributed by atoms with Crippen LogP contribution in [0.25, 0.3) is 0 Å². The molecule has 0 aromatic carbocycles. The van der Waals surface area contributed by atoms with Crippen molar-refractivity contribution in [1.29, 1.82) is 0 Å². The number of halogens is 1. The van der Waals surface area contributed by atoms with E-state index in [1.54, 1.807) is 6.92 Å². The van der Waals surface area contributed by atoms with Crippen LogP contribution in [0.2, 0.25) is 0 Å². The quantitative estimate of drug-likeness (QED) is 0.465. The van der Waals surface area contributed by atoms with Crippen LogP contribution in [0.5, 0.6) is 0 Å². The second kappa shape index (κ2) is 5.57. The van der Waals surface area contributed by atoms with E-state index in [1.165, 1.54) is 12.1 Å². The fourth-order valence-corrected chi connectivity index (χ4v) is 3.58. The number of hydrogen-bond acceptors (Lipinski definition) is 6. The van der Waals surface area contributed by atoms with E-state index in [-0.39, 0.29) is 30.2 Å². The van der Waals surface area contributed by atoms with Crippen molar-refractivity contribution in [2.75, 3.05) is 17.2 Å². The molecule has 1 saturated heterocycles. The van der Waals surface area contributed by atoms with Gasteiger partial charge in [-0.25, -0.2) is 13.4 Å². The van der Waals surface area contributed by atoms with Crippen molar-refractivity contribution in [2.45, 2.75) is 13.3 Å². The lowest BCUT2D eigenvalue weighted by Gasteiger charge is -2.15. The summed E-state index contributed by atoms with van der Waals surface area (Å²) in [4.78, 5) is 27.6. The number of aromatic nitrogens is 1. The highest BCUT2D eigenvalue weighted by Crippen LogP contribution is 2.32. The van der Waals surface area contributed by atoms with E-state index in [2.05, 4.69) is 4.98 Å². The number of nitro groups is 1. The molecule has 21 heavy (non-hydrogen) atoms. The normalized spacial score (nSPS) is 19.0. The first-order chi connectivity index (χ1) is 9.67. The molecule has 0 spiro atoms. The summed E-state index contributed by atoms with van der Waals surface area (Å²) in [5.41, 5.74) is 0.236. The fourth-order valence-electron chi connectivity index (χ4n) is 2.26. The lowest BCUT2D eigenvalue weighted by atomic mass is 10.1. The Balaban J connectivity index is 2.33. The summed E-state index contributed by atoms with van der Waals surface area (Å²) in [6.07, 6.45) is -0.0290. The van der Waals surface area contributed by atoms with Crippen molar-refractivity contribution in [3.8, 4) is 0 Å². The Kier molecular flexibility index (Phi) is 4.15. The predicted molar refractivity (Wildman–Crippen MR) is 75.7 cm³/mol. The number of pyridine rings is 1. The maximum Gasteiger partial charge on any atom is 0.312 e. The number of amides is 1. The molecule has 0 radical (unpaired) electrons. The standard InChI is InChI=1S/C11H12ClN3O5S/c1-7-2-3-9(15(17)18)11(13-7)14-5-8(4-10(14)16)6-21(12,19)20/h2-3,8H,4-6H2,1H3. The molecule has 114 valence electrons. The highest BCUT2D eigenvalue weighted by molar-refractivity contribution is 8.13. The first-order valence-electron chi connectivity index (χ1n) is 6.02. The molecule has 1 unspecified atom stereocenters. The average molecular weight is 334 g/mol. The Bertz CT molecular complexity index is 706. The number of aryl methyl sites for hydroxylation is 1. The Morgan fingerprint density at radius 2 is 2.19 bits per heavy atom. The Morgan fingerprint density at radius 1 is 1.52 bits per heavy atom. The first-order valence-corrected chi connectivity index (χ1v) is 8.50. The first kappa shape index (κ1) is 15.6. The predicted octanol–water partition coefficient (Wildman–Crippen LogP) is 1.22. The highest BCUT2D eigenvalue weighted by Gasteiger charge is 2.37. The summed E-state index contributed by atoms with van der Waals surface area (Å²) >= 11 is 0. The van der Waals surface area contributed by atoms with Crippen LogP contribution >= 0.6 is 10.7 Å². The zero-order valence-corrected chi connectivity index (χ0v) is 12.6. The van der Waals surface area contributed by atoms with E-state index in [0.29, 0.717) is 5.69 Å². The Morgan fingerprint density at radius 3 is 2.76 bits per heavy atom. The number of carbonyl (C=O) groups is 1. The maximum atomic E-state index is 12.0.